The highest BCUT2D eigenvalue weighted by Crippen LogP contribution is 2.22. The van der Waals surface area contributed by atoms with Crippen LogP contribution in [-0.2, 0) is 0 Å². The molecule has 0 atom stereocenters. The minimum atomic E-state index is -0.0605. The lowest BCUT2D eigenvalue weighted by Crippen LogP contribution is -2.39. The third kappa shape index (κ3) is 5.12. The third-order valence-electron chi connectivity index (χ3n) is 5.39. The van der Waals surface area contributed by atoms with Crippen LogP contribution in [0.2, 0.25) is 0 Å². The Balaban J connectivity index is 1.40. The number of carbonyl (C=O) groups is 2. The number of nitrogens with zero attached hydrogens (tertiary/aromatic N) is 1. The second-order valence-corrected chi connectivity index (χ2v) is 7.37. The lowest BCUT2D eigenvalue weighted by atomic mass is 9.93. The molecule has 0 aliphatic carbocycles. The van der Waals surface area contributed by atoms with Gasteiger partial charge in [0.15, 0.2) is 0 Å². The summed E-state index contributed by atoms with van der Waals surface area (Å²) in [5.41, 5.74) is 2.56. The van der Waals surface area contributed by atoms with Gasteiger partial charge in [0, 0.05) is 30.8 Å². The number of benzene rings is 2. The Morgan fingerprint density at radius 1 is 1.00 bits per heavy atom. The molecule has 0 saturated carbocycles. The predicted molar refractivity (Wildman–Crippen MR) is 110 cm³/mol. The maximum absolute atomic E-state index is 12.6. The molecule has 1 heterocycles. The topological polar surface area (TPSA) is 58.6 Å². The van der Waals surface area contributed by atoms with E-state index < -0.39 is 0 Å². The minimum Gasteiger partial charge on any atom is -0.497 e. The molecule has 148 valence electrons. The van der Waals surface area contributed by atoms with Crippen molar-refractivity contribution in [3.63, 3.8) is 0 Å². The molecule has 5 heteroatoms. The van der Waals surface area contributed by atoms with Crippen molar-refractivity contribution in [3.05, 3.63) is 65.2 Å². The lowest BCUT2D eigenvalue weighted by molar-refractivity contribution is 0.0687. The molecule has 0 aromatic heterocycles. The molecule has 5 nitrogen and oxygen atoms in total. The SMILES string of the molecule is COc1ccc(C(=O)NCCC2CCN(C(=O)c3ccc(C)cc3)CC2)cc1. The Morgan fingerprint density at radius 3 is 2.21 bits per heavy atom. The number of ether oxygens (including phenoxy) is 1. The van der Waals surface area contributed by atoms with E-state index in [4.69, 9.17) is 4.74 Å². The van der Waals surface area contributed by atoms with Gasteiger partial charge >= 0.3 is 0 Å². The molecule has 2 amide bonds. The van der Waals surface area contributed by atoms with Gasteiger partial charge in [0.05, 0.1) is 7.11 Å². The van der Waals surface area contributed by atoms with Crippen molar-refractivity contribution in [3.8, 4) is 5.75 Å². The second kappa shape index (κ2) is 9.40. The summed E-state index contributed by atoms with van der Waals surface area (Å²) in [6.07, 6.45) is 2.90. The maximum Gasteiger partial charge on any atom is 0.253 e. The summed E-state index contributed by atoms with van der Waals surface area (Å²) in [5, 5.41) is 2.99. The fourth-order valence-corrected chi connectivity index (χ4v) is 3.54. The van der Waals surface area contributed by atoms with E-state index in [9.17, 15) is 9.59 Å². The van der Waals surface area contributed by atoms with E-state index >= 15 is 0 Å². The number of rotatable bonds is 6. The molecule has 2 aromatic rings. The van der Waals surface area contributed by atoms with Crippen LogP contribution in [0.4, 0.5) is 0 Å². The Morgan fingerprint density at radius 2 is 1.61 bits per heavy atom. The van der Waals surface area contributed by atoms with E-state index in [1.54, 1.807) is 31.4 Å². The Kier molecular flexibility index (Phi) is 6.69. The monoisotopic (exact) mass is 380 g/mol. The first-order valence-electron chi connectivity index (χ1n) is 9.85. The zero-order chi connectivity index (χ0) is 19.9. The maximum atomic E-state index is 12.6. The summed E-state index contributed by atoms with van der Waals surface area (Å²) in [5.74, 6) is 1.34. The number of hydrogen-bond donors (Lipinski definition) is 1. The lowest BCUT2D eigenvalue weighted by Gasteiger charge is -2.32. The highest BCUT2D eigenvalue weighted by molar-refractivity contribution is 5.94. The first-order chi connectivity index (χ1) is 13.6. The highest BCUT2D eigenvalue weighted by atomic mass is 16.5. The summed E-state index contributed by atoms with van der Waals surface area (Å²) in [6.45, 7) is 4.24. The Bertz CT molecular complexity index is 792. The first-order valence-corrected chi connectivity index (χ1v) is 9.85. The minimum absolute atomic E-state index is 0.0605. The first kappa shape index (κ1) is 19.9. The standard InChI is InChI=1S/C23H28N2O3/c1-17-3-5-20(6-4-17)23(27)25-15-12-18(13-16-25)11-14-24-22(26)19-7-9-21(28-2)10-8-19/h3-10,18H,11-16H2,1-2H3,(H,24,26). The zero-order valence-corrected chi connectivity index (χ0v) is 16.6. The van der Waals surface area contributed by atoms with E-state index in [1.165, 1.54) is 0 Å². The highest BCUT2D eigenvalue weighted by Gasteiger charge is 2.23. The molecular weight excluding hydrogens is 352 g/mol. The van der Waals surface area contributed by atoms with Crippen molar-refractivity contribution in [2.45, 2.75) is 26.2 Å². The van der Waals surface area contributed by atoms with Crippen molar-refractivity contribution in [2.75, 3.05) is 26.7 Å². The molecule has 0 bridgehead atoms. The number of piperidine rings is 1. The fourth-order valence-electron chi connectivity index (χ4n) is 3.54. The van der Waals surface area contributed by atoms with Gasteiger partial charge in [0.2, 0.25) is 0 Å². The molecule has 2 aromatic carbocycles. The van der Waals surface area contributed by atoms with Crippen LogP contribution >= 0.6 is 0 Å². The number of hydrogen-bond acceptors (Lipinski definition) is 3. The second-order valence-electron chi connectivity index (χ2n) is 7.37. The van der Waals surface area contributed by atoms with E-state index in [2.05, 4.69) is 5.32 Å². The molecule has 0 unspecified atom stereocenters. The molecule has 1 aliphatic rings. The van der Waals surface area contributed by atoms with Crippen molar-refractivity contribution in [1.29, 1.82) is 0 Å². The summed E-state index contributed by atoms with van der Waals surface area (Å²) in [4.78, 5) is 26.7. The van der Waals surface area contributed by atoms with Gasteiger partial charge in [-0.05, 0) is 68.5 Å². The number of methoxy groups -OCH3 is 1. The average molecular weight is 380 g/mol. The van der Waals surface area contributed by atoms with Crippen molar-refractivity contribution >= 4 is 11.8 Å². The summed E-state index contributed by atoms with van der Waals surface area (Å²) >= 11 is 0. The fraction of sp³-hybridized carbons (Fsp3) is 0.391. The largest absolute Gasteiger partial charge is 0.497 e. The van der Waals surface area contributed by atoms with Crippen molar-refractivity contribution in [2.24, 2.45) is 5.92 Å². The van der Waals surface area contributed by atoms with Gasteiger partial charge in [0.1, 0.15) is 5.75 Å². The van der Waals surface area contributed by atoms with Crippen LogP contribution in [0.15, 0.2) is 48.5 Å². The number of amides is 2. The van der Waals surface area contributed by atoms with Gasteiger partial charge in [-0.25, -0.2) is 0 Å². The summed E-state index contributed by atoms with van der Waals surface area (Å²) in [6, 6.07) is 14.9. The third-order valence-corrected chi connectivity index (χ3v) is 5.39. The Hall–Kier alpha value is -2.82. The molecule has 1 aliphatic heterocycles. The average Bonchev–Trinajstić information content (AvgIpc) is 2.74. The molecule has 0 spiro atoms. The van der Waals surface area contributed by atoms with Crippen LogP contribution in [0, 0.1) is 12.8 Å². The van der Waals surface area contributed by atoms with Gasteiger partial charge < -0.3 is 15.0 Å². The van der Waals surface area contributed by atoms with Crippen LogP contribution in [0.25, 0.3) is 0 Å². The quantitative estimate of drug-likeness (QED) is 0.832. The van der Waals surface area contributed by atoms with Gasteiger partial charge in [-0.15, -0.1) is 0 Å². The normalized spacial score (nSPS) is 14.6. The van der Waals surface area contributed by atoms with Gasteiger partial charge in [-0.2, -0.15) is 0 Å². The smallest absolute Gasteiger partial charge is 0.253 e. The van der Waals surface area contributed by atoms with Crippen LogP contribution in [-0.4, -0.2) is 43.5 Å². The van der Waals surface area contributed by atoms with Crippen molar-refractivity contribution < 1.29 is 14.3 Å². The van der Waals surface area contributed by atoms with Gasteiger partial charge in [-0.3, -0.25) is 9.59 Å². The molecule has 1 fully saturated rings. The van der Waals surface area contributed by atoms with Gasteiger partial charge in [-0.1, -0.05) is 17.7 Å². The van der Waals surface area contributed by atoms with Crippen molar-refractivity contribution in [1.82, 2.24) is 10.2 Å². The van der Waals surface area contributed by atoms with Crippen LogP contribution < -0.4 is 10.1 Å². The van der Waals surface area contributed by atoms with Gasteiger partial charge in [0.25, 0.3) is 11.8 Å². The Labute approximate surface area is 166 Å². The number of carbonyl (C=O) groups excluding carboxylic acids is 2. The van der Waals surface area contributed by atoms with Crippen LogP contribution in [0.1, 0.15) is 45.5 Å². The predicted octanol–water partition coefficient (Wildman–Crippen LogP) is 3.68. The number of nitrogens with one attached hydrogen (secondary N) is 1. The number of aryl methyl sites for hydroxylation is 1. The van der Waals surface area contributed by atoms with E-state index in [1.807, 2.05) is 36.1 Å². The van der Waals surface area contributed by atoms with E-state index in [-0.39, 0.29) is 11.8 Å². The molecule has 1 saturated heterocycles. The van der Waals surface area contributed by atoms with E-state index in [0.29, 0.717) is 18.0 Å². The summed E-state index contributed by atoms with van der Waals surface area (Å²) < 4.78 is 5.11. The molecule has 0 radical (unpaired) electrons. The molecular formula is C23H28N2O3. The number of likely N-dealkylation sites (tertiary alicyclic amines) is 1. The molecule has 28 heavy (non-hydrogen) atoms. The van der Waals surface area contributed by atoms with E-state index in [0.717, 1.165) is 49.2 Å². The zero-order valence-electron chi connectivity index (χ0n) is 16.6. The van der Waals surface area contributed by atoms with Crippen LogP contribution in [0.5, 0.6) is 5.75 Å². The molecule has 1 N–H and O–H groups in total. The summed E-state index contributed by atoms with van der Waals surface area (Å²) in [7, 11) is 1.61. The van der Waals surface area contributed by atoms with Crippen LogP contribution in [0.3, 0.4) is 0 Å². The molecule has 3 rings (SSSR count).